The summed E-state index contributed by atoms with van der Waals surface area (Å²) in [4.78, 5) is 38.1. The summed E-state index contributed by atoms with van der Waals surface area (Å²) in [5.41, 5.74) is 0. The van der Waals surface area contributed by atoms with Crippen LogP contribution in [0.15, 0.2) is 97.2 Å². The van der Waals surface area contributed by atoms with Crippen LogP contribution in [0.4, 0.5) is 0 Å². The summed E-state index contributed by atoms with van der Waals surface area (Å²) in [6.07, 6.45) is 71.0. The van der Waals surface area contributed by atoms with Gasteiger partial charge in [0.2, 0.25) is 0 Å². The summed E-state index contributed by atoms with van der Waals surface area (Å²) >= 11 is 0. The van der Waals surface area contributed by atoms with Gasteiger partial charge in [0.1, 0.15) is 13.2 Å². The summed E-state index contributed by atoms with van der Waals surface area (Å²) in [5.74, 6) is -0.930. The first-order valence-electron chi connectivity index (χ1n) is 27.2. The zero-order chi connectivity index (χ0) is 47.9. The molecule has 0 fully saturated rings. The summed E-state index contributed by atoms with van der Waals surface area (Å²) in [7, 11) is 0. The van der Waals surface area contributed by atoms with Gasteiger partial charge in [0, 0.05) is 19.3 Å². The first-order chi connectivity index (χ1) is 32.5. The molecule has 0 rings (SSSR count). The average Bonchev–Trinajstić information content (AvgIpc) is 3.31. The number of carbonyl (C=O) groups excluding carboxylic acids is 3. The Bertz CT molecular complexity index is 1330. The summed E-state index contributed by atoms with van der Waals surface area (Å²) in [5, 5.41) is 0. The fraction of sp³-hybridized carbons (Fsp3) is 0.683. The van der Waals surface area contributed by atoms with Crippen molar-refractivity contribution in [2.75, 3.05) is 13.2 Å². The van der Waals surface area contributed by atoms with E-state index in [-0.39, 0.29) is 31.1 Å². The lowest BCUT2D eigenvalue weighted by Crippen LogP contribution is -2.30. The molecule has 376 valence electrons. The number of unbranched alkanes of at least 4 members (excludes halogenated alkanes) is 21. The Balaban J connectivity index is 4.40. The number of hydrogen-bond acceptors (Lipinski definition) is 6. The van der Waals surface area contributed by atoms with Crippen LogP contribution in [0.1, 0.15) is 245 Å². The van der Waals surface area contributed by atoms with Crippen LogP contribution >= 0.6 is 0 Å². The topological polar surface area (TPSA) is 78.9 Å². The van der Waals surface area contributed by atoms with Crippen molar-refractivity contribution < 1.29 is 28.6 Å². The van der Waals surface area contributed by atoms with Gasteiger partial charge in [-0.3, -0.25) is 14.4 Å². The lowest BCUT2D eigenvalue weighted by molar-refractivity contribution is -0.167. The number of hydrogen-bond donors (Lipinski definition) is 0. The molecule has 0 aromatic rings. The zero-order valence-corrected chi connectivity index (χ0v) is 42.9. The van der Waals surface area contributed by atoms with E-state index in [1.165, 1.54) is 57.8 Å². The van der Waals surface area contributed by atoms with Crippen LogP contribution in [-0.2, 0) is 28.6 Å². The normalized spacial score (nSPS) is 12.8. The maximum Gasteiger partial charge on any atom is 0.306 e. The Morgan fingerprint density at radius 2 is 0.621 bits per heavy atom. The van der Waals surface area contributed by atoms with Crippen molar-refractivity contribution >= 4 is 17.9 Å². The average molecular weight is 917 g/mol. The Morgan fingerprint density at radius 3 is 0.985 bits per heavy atom. The highest BCUT2D eigenvalue weighted by Gasteiger charge is 2.19. The minimum absolute atomic E-state index is 0.0930. The number of allylic oxidation sites excluding steroid dienone is 16. The molecule has 0 aromatic heterocycles. The van der Waals surface area contributed by atoms with Crippen molar-refractivity contribution in [3.8, 4) is 0 Å². The van der Waals surface area contributed by atoms with Gasteiger partial charge < -0.3 is 14.2 Å². The fourth-order valence-electron chi connectivity index (χ4n) is 7.19. The van der Waals surface area contributed by atoms with Crippen LogP contribution in [0.5, 0.6) is 0 Å². The molecule has 1 atom stereocenters. The van der Waals surface area contributed by atoms with Gasteiger partial charge in [0.15, 0.2) is 6.10 Å². The van der Waals surface area contributed by atoms with E-state index >= 15 is 0 Å². The van der Waals surface area contributed by atoms with Crippen LogP contribution < -0.4 is 0 Å². The molecule has 0 aliphatic carbocycles. The second-order valence-corrected chi connectivity index (χ2v) is 17.7. The molecule has 1 unspecified atom stereocenters. The lowest BCUT2D eigenvalue weighted by Gasteiger charge is -2.18. The molecular formula is C60H100O6. The van der Waals surface area contributed by atoms with Gasteiger partial charge in [-0.05, 0) is 109 Å². The summed E-state index contributed by atoms with van der Waals surface area (Å²) in [6.45, 7) is 6.39. The monoisotopic (exact) mass is 917 g/mol. The van der Waals surface area contributed by atoms with Gasteiger partial charge >= 0.3 is 17.9 Å². The third-order valence-corrected chi connectivity index (χ3v) is 11.3. The first kappa shape index (κ1) is 62.3. The van der Waals surface area contributed by atoms with Gasteiger partial charge in [0.05, 0.1) is 0 Å². The molecule has 0 bridgehead atoms. The fourth-order valence-corrected chi connectivity index (χ4v) is 7.19. The van der Waals surface area contributed by atoms with E-state index in [1.807, 2.05) is 0 Å². The van der Waals surface area contributed by atoms with E-state index in [9.17, 15) is 14.4 Å². The lowest BCUT2D eigenvalue weighted by atomic mass is 10.1. The molecule has 0 amide bonds. The number of esters is 3. The molecule has 0 aliphatic heterocycles. The second kappa shape index (κ2) is 53.9. The van der Waals surface area contributed by atoms with Gasteiger partial charge in [-0.15, -0.1) is 0 Å². The molecule has 0 heterocycles. The van der Waals surface area contributed by atoms with E-state index < -0.39 is 6.10 Å². The molecule has 0 N–H and O–H groups in total. The van der Waals surface area contributed by atoms with Crippen molar-refractivity contribution in [1.29, 1.82) is 0 Å². The summed E-state index contributed by atoms with van der Waals surface area (Å²) < 4.78 is 16.8. The van der Waals surface area contributed by atoms with E-state index in [2.05, 4.69) is 118 Å². The molecule has 0 aromatic carbocycles. The molecule has 0 spiro atoms. The predicted octanol–water partition coefficient (Wildman–Crippen LogP) is 18.1. The van der Waals surface area contributed by atoms with E-state index in [0.717, 1.165) is 148 Å². The maximum atomic E-state index is 12.8. The zero-order valence-electron chi connectivity index (χ0n) is 42.9. The SMILES string of the molecule is CC/C=C\C/C=C\C/C=C\C/C=C\CCCCCCCCCCC(=O)OCC(COC(=O)CCCCCCC/C=C\C/C=C\CCC)OC(=O)CCCCCCC/C=C\C/C=C\CCCC. The van der Waals surface area contributed by atoms with Crippen molar-refractivity contribution in [3.05, 3.63) is 97.2 Å². The largest absolute Gasteiger partial charge is 0.462 e. The molecule has 6 heteroatoms. The van der Waals surface area contributed by atoms with E-state index in [0.29, 0.717) is 19.3 Å². The van der Waals surface area contributed by atoms with E-state index in [4.69, 9.17) is 14.2 Å². The van der Waals surface area contributed by atoms with Crippen molar-refractivity contribution in [2.24, 2.45) is 0 Å². The Morgan fingerprint density at radius 1 is 0.318 bits per heavy atom. The highest BCUT2D eigenvalue weighted by atomic mass is 16.6. The number of ether oxygens (including phenoxy) is 3. The van der Waals surface area contributed by atoms with Crippen LogP contribution in [-0.4, -0.2) is 37.2 Å². The molecule has 66 heavy (non-hydrogen) atoms. The first-order valence-corrected chi connectivity index (χ1v) is 27.2. The van der Waals surface area contributed by atoms with Crippen molar-refractivity contribution in [1.82, 2.24) is 0 Å². The standard InChI is InChI=1S/C60H100O6/c1-4-7-10-13-16-19-22-25-27-28-29-30-31-32-33-36-38-41-44-47-50-53-59(62)65-56-57(55-64-58(61)52-49-46-43-40-37-34-24-21-18-15-12-9-6-3)66-60(63)54-51-48-45-42-39-35-26-23-20-17-14-11-8-5-2/h7,10,12,14-17,19,21,23-27,29-30,57H,4-6,8-9,11,13,18,20,22,28,31-56H2,1-3H3/b10-7-,15-12-,17-14-,19-16-,24-21-,26-23-,27-25-,30-29-. The molecule has 0 radical (unpaired) electrons. The third kappa shape index (κ3) is 51.3. The number of carbonyl (C=O) groups is 3. The van der Waals surface area contributed by atoms with Gasteiger partial charge in [0.25, 0.3) is 0 Å². The summed E-state index contributed by atoms with van der Waals surface area (Å²) in [6, 6.07) is 0. The van der Waals surface area contributed by atoms with Gasteiger partial charge in [-0.1, -0.05) is 214 Å². The Hall–Kier alpha value is -3.67. The second-order valence-electron chi connectivity index (χ2n) is 17.7. The number of rotatable bonds is 48. The third-order valence-electron chi connectivity index (χ3n) is 11.3. The minimum Gasteiger partial charge on any atom is -0.462 e. The molecule has 0 aliphatic rings. The van der Waals surface area contributed by atoms with Crippen LogP contribution in [0, 0.1) is 0 Å². The molecule has 6 nitrogen and oxygen atoms in total. The van der Waals surface area contributed by atoms with Crippen molar-refractivity contribution in [2.45, 2.75) is 252 Å². The Kier molecular flexibility index (Phi) is 50.9. The van der Waals surface area contributed by atoms with Crippen LogP contribution in [0.2, 0.25) is 0 Å². The van der Waals surface area contributed by atoms with Crippen LogP contribution in [0.3, 0.4) is 0 Å². The smallest absolute Gasteiger partial charge is 0.306 e. The quantitative estimate of drug-likeness (QED) is 0.0262. The van der Waals surface area contributed by atoms with Crippen LogP contribution in [0.25, 0.3) is 0 Å². The van der Waals surface area contributed by atoms with Gasteiger partial charge in [-0.2, -0.15) is 0 Å². The van der Waals surface area contributed by atoms with Crippen molar-refractivity contribution in [3.63, 3.8) is 0 Å². The molecule has 0 saturated carbocycles. The maximum absolute atomic E-state index is 12.8. The van der Waals surface area contributed by atoms with E-state index in [1.54, 1.807) is 0 Å². The predicted molar refractivity (Wildman–Crippen MR) is 284 cm³/mol. The Labute approximate surface area is 407 Å². The van der Waals surface area contributed by atoms with Gasteiger partial charge in [-0.25, -0.2) is 0 Å². The minimum atomic E-state index is -0.795. The highest BCUT2D eigenvalue weighted by Crippen LogP contribution is 2.14. The molecular weight excluding hydrogens is 817 g/mol. The molecule has 0 saturated heterocycles. The highest BCUT2D eigenvalue weighted by molar-refractivity contribution is 5.71.